The van der Waals surface area contributed by atoms with Gasteiger partial charge >= 0.3 is 0 Å². The Morgan fingerprint density at radius 3 is 3.00 bits per heavy atom. The molecule has 0 fully saturated rings. The Hall–Kier alpha value is -1.88. The van der Waals surface area contributed by atoms with Crippen LogP contribution in [0.4, 0.5) is 10.1 Å². The van der Waals surface area contributed by atoms with E-state index in [1.54, 1.807) is 23.6 Å². The Morgan fingerprint density at radius 1 is 1.53 bits per heavy atom. The molecular weight excluding hydrogens is 223 g/mol. The fraction of sp³-hybridized carbons (Fsp3) is 0.250. The molecule has 0 bridgehead atoms. The summed E-state index contributed by atoms with van der Waals surface area (Å²) in [5.41, 5.74) is 1.81. The molecule has 0 spiro atoms. The van der Waals surface area contributed by atoms with Gasteiger partial charge in [0, 0.05) is 11.6 Å². The van der Waals surface area contributed by atoms with E-state index < -0.39 is 6.04 Å². The summed E-state index contributed by atoms with van der Waals surface area (Å²) in [5.74, 6) is -0.551. The zero-order chi connectivity index (χ0) is 12.2. The standard InChI is InChI=1S/C12H11FN2O2/c1-6-12(17)14-10-3-7(5-16)2-8-9(13)4-15(6)11(8)10/h2-4,6,16H,5H2,1H3,(H,14,17). The van der Waals surface area contributed by atoms with Crippen LogP contribution in [0.1, 0.15) is 18.5 Å². The molecule has 88 valence electrons. The molecule has 1 aliphatic rings. The minimum Gasteiger partial charge on any atom is -0.392 e. The lowest BCUT2D eigenvalue weighted by molar-refractivity contribution is -0.118. The van der Waals surface area contributed by atoms with Crippen LogP contribution in [0, 0.1) is 5.82 Å². The first-order valence-electron chi connectivity index (χ1n) is 5.36. The van der Waals surface area contributed by atoms with Crippen LogP contribution >= 0.6 is 0 Å². The van der Waals surface area contributed by atoms with Crippen molar-refractivity contribution in [3.63, 3.8) is 0 Å². The lowest BCUT2D eigenvalue weighted by atomic mass is 10.1. The second kappa shape index (κ2) is 3.30. The zero-order valence-electron chi connectivity index (χ0n) is 9.20. The summed E-state index contributed by atoms with van der Waals surface area (Å²) in [5, 5.41) is 12.3. The van der Waals surface area contributed by atoms with Crippen LogP contribution in [0.3, 0.4) is 0 Å². The maximum absolute atomic E-state index is 13.8. The lowest BCUT2D eigenvalue weighted by Gasteiger charge is -2.22. The first-order chi connectivity index (χ1) is 8.11. The van der Waals surface area contributed by atoms with E-state index in [2.05, 4.69) is 5.32 Å². The number of rotatable bonds is 1. The van der Waals surface area contributed by atoms with Gasteiger partial charge in [-0.2, -0.15) is 0 Å². The molecule has 4 nitrogen and oxygen atoms in total. The first-order valence-corrected chi connectivity index (χ1v) is 5.36. The number of hydrogen-bond donors (Lipinski definition) is 2. The van der Waals surface area contributed by atoms with Crippen LogP contribution in [0.5, 0.6) is 0 Å². The van der Waals surface area contributed by atoms with Crippen molar-refractivity contribution in [3.05, 3.63) is 29.7 Å². The summed E-state index contributed by atoms with van der Waals surface area (Å²) in [7, 11) is 0. The van der Waals surface area contributed by atoms with Crippen LogP contribution < -0.4 is 5.32 Å². The molecule has 1 unspecified atom stereocenters. The quantitative estimate of drug-likeness (QED) is 0.790. The molecule has 0 radical (unpaired) electrons. The zero-order valence-corrected chi connectivity index (χ0v) is 9.20. The van der Waals surface area contributed by atoms with Gasteiger partial charge in [0.15, 0.2) is 0 Å². The van der Waals surface area contributed by atoms with Crippen molar-refractivity contribution in [1.82, 2.24) is 4.57 Å². The number of anilines is 1. The predicted molar refractivity (Wildman–Crippen MR) is 61.2 cm³/mol. The van der Waals surface area contributed by atoms with Crippen LogP contribution in [0.25, 0.3) is 10.9 Å². The smallest absolute Gasteiger partial charge is 0.247 e. The van der Waals surface area contributed by atoms with Gasteiger partial charge in [-0.3, -0.25) is 4.79 Å². The fourth-order valence-electron chi connectivity index (χ4n) is 2.27. The van der Waals surface area contributed by atoms with Gasteiger partial charge in [-0.05, 0) is 24.6 Å². The molecule has 5 heteroatoms. The van der Waals surface area contributed by atoms with Crippen LogP contribution in [-0.4, -0.2) is 15.6 Å². The Bertz CT molecular complexity index is 633. The van der Waals surface area contributed by atoms with Gasteiger partial charge in [-0.15, -0.1) is 0 Å². The molecular formula is C12H11FN2O2. The van der Waals surface area contributed by atoms with E-state index in [4.69, 9.17) is 5.11 Å². The van der Waals surface area contributed by atoms with Crippen molar-refractivity contribution in [3.8, 4) is 0 Å². The maximum atomic E-state index is 13.8. The third-order valence-corrected chi connectivity index (χ3v) is 3.17. The summed E-state index contributed by atoms with van der Waals surface area (Å²) in [4.78, 5) is 11.7. The largest absolute Gasteiger partial charge is 0.392 e. The van der Waals surface area contributed by atoms with Gasteiger partial charge in [-0.25, -0.2) is 4.39 Å². The Balaban J connectivity index is 2.40. The monoisotopic (exact) mass is 234 g/mol. The Morgan fingerprint density at radius 2 is 2.29 bits per heavy atom. The SMILES string of the molecule is CC1C(=O)Nc2cc(CO)cc3c(F)cn1c23. The molecule has 1 aromatic carbocycles. The number of carbonyl (C=O) groups is 1. The normalized spacial score (nSPS) is 18.5. The van der Waals surface area contributed by atoms with Gasteiger partial charge in [0.1, 0.15) is 11.9 Å². The molecule has 3 rings (SSSR count). The van der Waals surface area contributed by atoms with Crippen molar-refractivity contribution in [2.75, 3.05) is 5.32 Å². The number of carbonyl (C=O) groups excluding carboxylic acids is 1. The maximum Gasteiger partial charge on any atom is 0.247 e. The summed E-state index contributed by atoms with van der Waals surface area (Å²) in [6.45, 7) is 1.54. The molecule has 2 heterocycles. The highest BCUT2D eigenvalue weighted by atomic mass is 19.1. The number of benzene rings is 1. The summed E-state index contributed by atoms with van der Waals surface area (Å²) >= 11 is 0. The number of aliphatic hydroxyl groups is 1. The number of hydrogen-bond acceptors (Lipinski definition) is 2. The second-order valence-electron chi connectivity index (χ2n) is 4.25. The third-order valence-electron chi connectivity index (χ3n) is 3.17. The van der Waals surface area contributed by atoms with Crippen LogP contribution in [0.2, 0.25) is 0 Å². The van der Waals surface area contributed by atoms with E-state index in [-0.39, 0.29) is 18.3 Å². The van der Waals surface area contributed by atoms with E-state index in [9.17, 15) is 9.18 Å². The molecule has 1 amide bonds. The average molecular weight is 234 g/mol. The highest BCUT2D eigenvalue weighted by Gasteiger charge is 2.26. The number of amides is 1. The fourth-order valence-corrected chi connectivity index (χ4v) is 2.27. The van der Waals surface area contributed by atoms with E-state index in [1.807, 2.05) is 0 Å². The molecule has 2 aromatic rings. The molecule has 2 N–H and O–H groups in total. The van der Waals surface area contributed by atoms with E-state index in [0.717, 1.165) is 0 Å². The van der Waals surface area contributed by atoms with Gasteiger partial charge in [-0.1, -0.05) is 0 Å². The molecule has 0 saturated carbocycles. The average Bonchev–Trinajstić information content (AvgIpc) is 2.65. The van der Waals surface area contributed by atoms with Gasteiger partial charge in [0.25, 0.3) is 0 Å². The van der Waals surface area contributed by atoms with Crippen LogP contribution in [-0.2, 0) is 11.4 Å². The molecule has 1 aliphatic heterocycles. The molecule has 17 heavy (non-hydrogen) atoms. The summed E-state index contributed by atoms with van der Waals surface area (Å²) < 4.78 is 15.4. The molecule has 1 atom stereocenters. The molecule has 0 saturated heterocycles. The van der Waals surface area contributed by atoms with Crippen molar-refractivity contribution >= 4 is 22.5 Å². The number of aromatic nitrogens is 1. The van der Waals surface area contributed by atoms with E-state index in [1.165, 1.54) is 6.20 Å². The summed E-state index contributed by atoms with van der Waals surface area (Å²) in [6, 6.07) is 2.85. The van der Waals surface area contributed by atoms with Crippen molar-refractivity contribution in [2.24, 2.45) is 0 Å². The number of aliphatic hydroxyl groups excluding tert-OH is 1. The Labute approximate surface area is 96.7 Å². The molecule has 0 aliphatic carbocycles. The third kappa shape index (κ3) is 1.29. The Kier molecular flexibility index (Phi) is 2.00. The van der Waals surface area contributed by atoms with Gasteiger partial charge < -0.3 is 15.0 Å². The highest BCUT2D eigenvalue weighted by Crippen LogP contribution is 2.35. The second-order valence-corrected chi connectivity index (χ2v) is 4.25. The first kappa shape index (κ1) is 10.3. The van der Waals surface area contributed by atoms with Crippen molar-refractivity contribution in [1.29, 1.82) is 0 Å². The van der Waals surface area contributed by atoms with Crippen LogP contribution in [0.15, 0.2) is 18.3 Å². The van der Waals surface area contributed by atoms with Gasteiger partial charge in [0.2, 0.25) is 5.91 Å². The summed E-state index contributed by atoms with van der Waals surface area (Å²) in [6.07, 6.45) is 1.33. The minimum atomic E-state index is -0.422. The number of nitrogens with zero attached hydrogens (tertiary/aromatic N) is 1. The minimum absolute atomic E-state index is 0.176. The van der Waals surface area contributed by atoms with E-state index >= 15 is 0 Å². The molecule has 1 aromatic heterocycles. The van der Waals surface area contributed by atoms with Gasteiger partial charge in [0.05, 0.1) is 17.8 Å². The number of halogens is 1. The predicted octanol–water partition coefficient (Wildman–Crippen LogP) is 1.79. The number of nitrogens with one attached hydrogen (secondary N) is 1. The van der Waals surface area contributed by atoms with E-state index in [0.29, 0.717) is 22.2 Å². The van der Waals surface area contributed by atoms with Crippen molar-refractivity contribution < 1.29 is 14.3 Å². The highest BCUT2D eigenvalue weighted by molar-refractivity contribution is 6.06. The topological polar surface area (TPSA) is 54.3 Å². The lowest BCUT2D eigenvalue weighted by Crippen LogP contribution is -2.27. The van der Waals surface area contributed by atoms with Crippen molar-refractivity contribution in [2.45, 2.75) is 19.6 Å².